The van der Waals surface area contributed by atoms with Gasteiger partial charge in [-0.25, -0.2) is 0 Å². The molecule has 102 valence electrons. The predicted octanol–water partition coefficient (Wildman–Crippen LogP) is 2.27. The minimum absolute atomic E-state index is 0.0662. The van der Waals surface area contributed by atoms with Crippen LogP contribution in [0.1, 0.15) is 29.5 Å². The second kappa shape index (κ2) is 7.42. The van der Waals surface area contributed by atoms with E-state index in [1.165, 1.54) is 5.56 Å². The van der Waals surface area contributed by atoms with Crippen LogP contribution in [0.25, 0.3) is 0 Å². The molecule has 0 aliphatic carbocycles. The van der Waals surface area contributed by atoms with Crippen molar-refractivity contribution >= 4 is 5.91 Å². The van der Waals surface area contributed by atoms with Crippen LogP contribution in [0.5, 0.6) is 5.75 Å². The molecule has 0 heterocycles. The Labute approximate surface area is 114 Å². The number of ether oxygens (including phenoxy) is 1. The number of carbonyl (C=O) groups is 1. The van der Waals surface area contributed by atoms with Gasteiger partial charge in [0, 0.05) is 19.4 Å². The minimum atomic E-state index is -0.0662. The van der Waals surface area contributed by atoms with Gasteiger partial charge in [-0.05, 0) is 37.0 Å². The van der Waals surface area contributed by atoms with E-state index in [4.69, 9.17) is 10.00 Å². The van der Waals surface area contributed by atoms with Gasteiger partial charge in [-0.15, -0.1) is 0 Å². The first-order chi connectivity index (χ1) is 9.08. The third-order valence-electron chi connectivity index (χ3n) is 2.92. The molecule has 0 saturated carbocycles. The zero-order valence-electron chi connectivity index (χ0n) is 11.7. The number of amides is 1. The number of hydrogen-bond donors (Lipinski definition) is 1. The third-order valence-corrected chi connectivity index (χ3v) is 2.92. The second-order valence-corrected chi connectivity index (χ2v) is 4.52. The average molecular weight is 260 g/mol. The summed E-state index contributed by atoms with van der Waals surface area (Å²) in [4.78, 5) is 11.3. The number of nitrogens with zero attached hydrogens (tertiary/aromatic N) is 1. The molecule has 0 aliphatic heterocycles. The summed E-state index contributed by atoms with van der Waals surface area (Å²) >= 11 is 0. The summed E-state index contributed by atoms with van der Waals surface area (Å²) < 4.78 is 5.32. The topological polar surface area (TPSA) is 62.1 Å². The Hall–Kier alpha value is -2.02. The number of rotatable bonds is 6. The number of aryl methyl sites for hydroxylation is 2. The summed E-state index contributed by atoms with van der Waals surface area (Å²) in [5.41, 5.74) is 3.39. The molecule has 1 aromatic rings. The molecule has 0 fully saturated rings. The molecule has 19 heavy (non-hydrogen) atoms. The fraction of sp³-hybridized carbons (Fsp3) is 0.467. The molecule has 1 N–H and O–H groups in total. The lowest BCUT2D eigenvalue weighted by molar-refractivity contribution is -0.120. The van der Waals surface area contributed by atoms with Crippen molar-refractivity contribution in [2.75, 3.05) is 13.7 Å². The van der Waals surface area contributed by atoms with Gasteiger partial charge in [0.05, 0.1) is 13.2 Å². The van der Waals surface area contributed by atoms with Crippen LogP contribution >= 0.6 is 0 Å². The quantitative estimate of drug-likeness (QED) is 0.853. The number of nitriles is 1. The molecule has 0 atom stereocenters. The Morgan fingerprint density at radius 3 is 2.53 bits per heavy atom. The molecule has 4 heteroatoms. The zero-order chi connectivity index (χ0) is 14.3. The fourth-order valence-electron chi connectivity index (χ4n) is 2.11. The Morgan fingerprint density at radius 2 is 2.00 bits per heavy atom. The number of benzene rings is 1. The summed E-state index contributed by atoms with van der Waals surface area (Å²) in [6.07, 6.45) is 1.33. The van der Waals surface area contributed by atoms with E-state index >= 15 is 0 Å². The van der Waals surface area contributed by atoms with E-state index in [0.717, 1.165) is 23.3 Å². The molecule has 1 rings (SSSR count). The van der Waals surface area contributed by atoms with Crippen molar-refractivity contribution in [2.45, 2.75) is 33.1 Å². The summed E-state index contributed by atoms with van der Waals surface area (Å²) in [6.45, 7) is 4.62. The Bertz CT molecular complexity index is 466. The van der Waals surface area contributed by atoms with Gasteiger partial charge in [-0.2, -0.15) is 5.26 Å². The van der Waals surface area contributed by atoms with E-state index in [-0.39, 0.29) is 18.7 Å². The van der Waals surface area contributed by atoms with Crippen LogP contribution < -0.4 is 10.1 Å². The van der Waals surface area contributed by atoms with Crippen LogP contribution in [0.3, 0.4) is 0 Å². The maximum atomic E-state index is 11.3. The molecule has 0 bridgehead atoms. The smallest absolute Gasteiger partial charge is 0.221 e. The lowest BCUT2D eigenvalue weighted by Gasteiger charge is -2.11. The minimum Gasteiger partial charge on any atom is -0.496 e. The summed E-state index contributed by atoms with van der Waals surface area (Å²) in [6, 6.07) is 6.11. The van der Waals surface area contributed by atoms with Crippen LogP contribution in [-0.4, -0.2) is 19.6 Å². The van der Waals surface area contributed by atoms with Crippen molar-refractivity contribution in [3.8, 4) is 11.8 Å². The van der Waals surface area contributed by atoms with Crippen molar-refractivity contribution in [1.82, 2.24) is 5.32 Å². The summed E-state index contributed by atoms with van der Waals surface area (Å²) in [5.74, 6) is 0.852. The van der Waals surface area contributed by atoms with E-state index in [2.05, 4.69) is 17.4 Å². The molecule has 4 nitrogen and oxygen atoms in total. The van der Waals surface area contributed by atoms with Crippen LogP contribution in [-0.2, 0) is 11.2 Å². The number of methoxy groups -OCH3 is 1. The first-order valence-electron chi connectivity index (χ1n) is 6.36. The maximum Gasteiger partial charge on any atom is 0.221 e. The van der Waals surface area contributed by atoms with Gasteiger partial charge < -0.3 is 10.1 Å². The van der Waals surface area contributed by atoms with E-state index in [0.29, 0.717) is 6.54 Å². The number of nitrogens with one attached hydrogen (secondary N) is 1. The number of hydrogen-bond acceptors (Lipinski definition) is 3. The molecule has 0 saturated heterocycles. The highest BCUT2D eigenvalue weighted by atomic mass is 16.5. The number of carbonyl (C=O) groups excluding carboxylic acids is 1. The maximum absolute atomic E-state index is 11.3. The first kappa shape index (κ1) is 15.0. The largest absolute Gasteiger partial charge is 0.496 e. The van der Waals surface area contributed by atoms with Crippen LogP contribution in [0.4, 0.5) is 0 Å². The van der Waals surface area contributed by atoms with Gasteiger partial charge in [-0.1, -0.05) is 12.1 Å². The van der Waals surface area contributed by atoms with Gasteiger partial charge in [0.15, 0.2) is 0 Å². The van der Waals surface area contributed by atoms with E-state index in [1.54, 1.807) is 7.11 Å². The highest BCUT2D eigenvalue weighted by Gasteiger charge is 2.06. The Morgan fingerprint density at radius 1 is 1.37 bits per heavy atom. The lowest BCUT2D eigenvalue weighted by atomic mass is 10.0. The molecule has 1 aromatic carbocycles. The van der Waals surface area contributed by atoms with Crippen LogP contribution in [0.2, 0.25) is 0 Å². The molecule has 0 radical (unpaired) electrons. The van der Waals surface area contributed by atoms with Gasteiger partial charge in [0.25, 0.3) is 0 Å². The van der Waals surface area contributed by atoms with Crippen LogP contribution in [0, 0.1) is 25.2 Å². The normalized spacial score (nSPS) is 9.79. The molecule has 0 unspecified atom stereocenters. The Kier molecular flexibility index (Phi) is 5.87. The van der Waals surface area contributed by atoms with Gasteiger partial charge in [0.1, 0.15) is 5.75 Å². The highest BCUT2D eigenvalue weighted by molar-refractivity contribution is 5.76. The molecule has 0 aliphatic rings. The highest BCUT2D eigenvalue weighted by Crippen LogP contribution is 2.24. The molecular formula is C15H20N2O2. The van der Waals surface area contributed by atoms with E-state index < -0.39 is 0 Å². The second-order valence-electron chi connectivity index (χ2n) is 4.52. The summed E-state index contributed by atoms with van der Waals surface area (Å²) in [5, 5.41) is 11.2. The zero-order valence-corrected chi connectivity index (χ0v) is 11.7. The lowest BCUT2D eigenvalue weighted by Crippen LogP contribution is -2.25. The molecular weight excluding hydrogens is 240 g/mol. The molecule has 1 amide bonds. The standard InChI is InChI=1S/C15H20N2O2/c1-11-9-13(10-12(2)15(11)19-3)6-8-17-14(18)5-4-7-16/h9-10H,4-6,8H2,1-3H3,(H,17,18). The Balaban J connectivity index is 2.51. The monoisotopic (exact) mass is 260 g/mol. The first-order valence-corrected chi connectivity index (χ1v) is 6.36. The fourth-order valence-corrected chi connectivity index (χ4v) is 2.11. The molecule has 0 aromatic heterocycles. The van der Waals surface area contributed by atoms with Crippen molar-refractivity contribution in [1.29, 1.82) is 5.26 Å². The SMILES string of the molecule is COc1c(C)cc(CCNC(=O)CCC#N)cc1C. The van der Waals surface area contributed by atoms with Crippen molar-refractivity contribution in [3.63, 3.8) is 0 Å². The van der Waals surface area contributed by atoms with Crippen LogP contribution in [0.15, 0.2) is 12.1 Å². The van der Waals surface area contributed by atoms with E-state index in [9.17, 15) is 4.79 Å². The van der Waals surface area contributed by atoms with Crippen molar-refractivity contribution < 1.29 is 9.53 Å². The predicted molar refractivity (Wildman–Crippen MR) is 74.0 cm³/mol. The van der Waals surface area contributed by atoms with Crippen molar-refractivity contribution in [3.05, 3.63) is 28.8 Å². The molecule has 0 spiro atoms. The van der Waals surface area contributed by atoms with Gasteiger partial charge >= 0.3 is 0 Å². The third kappa shape index (κ3) is 4.63. The van der Waals surface area contributed by atoms with Crippen molar-refractivity contribution in [2.24, 2.45) is 0 Å². The summed E-state index contributed by atoms with van der Waals surface area (Å²) in [7, 11) is 1.67. The van der Waals surface area contributed by atoms with E-state index in [1.807, 2.05) is 19.9 Å². The average Bonchev–Trinajstić information content (AvgIpc) is 2.36. The van der Waals surface area contributed by atoms with Gasteiger partial charge in [-0.3, -0.25) is 4.79 Å². The van der Waals surface area contributed by atoms with Gasteiger partial charge in [0.2, 0.25) is 5.91 Å².